The molecule has 2 amide bonds. The Morgan fingerprint density at radius 2 is 1.97 bits per heavy atom. The third-order valence-electron chi connectivity index (χ3n) is 4.00. The molecule has 0 bridgehead atoms. The Morgan fingerprint density at radius 3 is 2.63 bits per heavy atom. The van der Waals surface area contributed by atoms with E-state index in [0.717, 1.165) is 23.9 Å². The Balaban J connectivity index is 1.59. The number of halogens is 3. The third-order valence-corrected chi connectivity index (χ3v) is 5.08. The quantitative estimate of drug-likeness (QED) is 0.704. The van der Waals surface area contributed by atoms with E-state index >= 15 is 0 Å². The second-order valence-corrected chi connectivity index (χ2v) is 7.46. The highest BCUT2D eigenvalue weighted by Gasteiger charge is 2.33. The van der Waals surface area contributed by atoms with Crippen LogP contribution in [0.25, 0.3) is 0 Å². The molecule has 2 aromatic rings. The minimum Gasteiger partial charge on any atom is -0.494 e. The molecule has 0 radical (unpaired) electrons. The summed E-state index contributed by atoms with van der Waals surface area (Å²) in [5.74, 6) is -0.248. The molecule has 0 aliphatic carbocycles. The molecule has 0 aromatic heterocycles. The number of amidine groups is 1. The van der Waals surface area contributed by atoms with Gasteiger partial charge in [-0.1, -0.05) is 17.8 Å². The van der Waals surface area contributed by atoms with Crippen LogP contribution in [0.1, 0.15) is 18.9 Å². The number of benzene rings is 2. The summed E-state index contributed by atoms with van der Waals surface area (Å²) < 4.78 is 43.7. The summed E-state index contributed by atoms with van der Waals surface area (Å²) in [6.07, 6.45) is -4.71. The van der Waals surface area contributed by atoms with E-state index in [9.17, 15) is 22.8 Å². The van der Waals surface area contributed by atoms with E-state index in [0.29, 0.717) is 23.2 Å². The summed E-state index contributed by atoms with van der Waals surface area (Å²) in [7, 11) is 0. The molecule has 0 unspecified atom stereocenters. The van der Waals surface area contributed by atoms with Crippen LogP contribution < -0.4 is 15.4 Å². The zero-order valence-corrected chi connectivity index (χ0v) is 16.6. The van der Waals surface area contributed by atoms with Gasteiger partial charge in [-0.3, -0.25) is 9.59 Å². The van der Waals surface area contributed by atoms with Gasteiger partial charge in [0.2, 0.25) is 11.8 Å². The molecular formula is C20H18F3N3O3S. The average Bonchev–Trinajstić information content (AvgIpc) is 3.02. The van der Waals surface area contributed by atoms with E-state index in [1.165, 1.54) is 12.1 Å². The highest BCUT2D eigenvalue weighted by molar-refractivity contribution is 8.15. The Labute approximate surface area is 174 Å². The number of amides is 2. The monoisotopic (exact) mass is 437 g/mol. The van der Waals surface area contributed by atoms with Crippen molar-refractivity contribution >= 4 is 40.1 Å². The fourth-order valence-corrected chi connectivity index (χ4v) is 3.63. The van der Waals surface area contributed by atoms with Gasteiger partial charge in [0.15, 0.2) is 5.17 Å². The SMILES string of the molecule is CCOc1ccc(N=C2NC(=O)[C@@H](CC(=O)Nc3cccc(C(F)(F)F)c3)S2)cc1. The van der Waals surface area contributed by atoms with Gasteiger partial charge >= 0.3 is 6.18 Å². The third kappa shape index (κ3) is 5.76. The molecule has 1 atom stereocenters. The first kappa shape index (κ1) is 21.7. The van der Waals surface area contributed by atoms with E-state index in [-0.39, 0.29) is 18.0 Å². The van der Waals surface area contributed by atoms with Crippen molar-refractivity contribution < 1.29 is 27.5 Å². The number of nitrogens with one attached hydrogen (secondary N) is 2. The summed E-state index contributed by atoms with van der Waals surface area (Å²) in [5, 5.41) is 4.63. The van der Waals surface area contributed by atoms with Crippen molar-refractivity contribution in [2.24, 2.45) is 4.99 Å². The van der Waals surface area contributed by atoms with Gasteiger partial charge in [-0.05, 0) is 49.4 Å². The maximum atomic E-state index is 12.8. The number of hydrogen-bond donors (Lipinski definition) is 2. The molecule has 30 heavy (non-hydrogen) atoms. The van der Waals surface area contributed by atoms with Crippen molar-refractivity contribution in [2.75, 3.05) is 11.9 Å². The maximum absolute atomic E-state index is 12.8. The molecule has 2 N–H and O–H groups in total. The number of ether oxygens (including phenoxy) is 1. The van der Waals surface area contributed by atoms with Crippen molar-refractivity contribution in [3.8, 4) is 5.75 Å². The van der Waals surface area contributed by atoms with Gasteiger partial charge in [0.05, 0.1) is 17.9 Å². The number of carbonyl (C=O) groups excluding carboxylic acids is 2. The fourth-order valence-electron chi connectivity index (χ4n) is 2.65. The van der Waals surface area contributed by atoms with Crippen molar-refractivity contribution in [3.05, 3.63) is 54.1 Å². The molecule has 3 rings (SSSR count). The Morgan fingerprint density at radius 1 is 1.23 bits per heavy atom. The van der Waals surface area contributed by atoms with Crippen LogP contribution in [0.15, 0.2) is 53.5 Å². The van der Waals surface area contributed by atoms with Crippen molar-refractivity contribution in [1.29, 1.82) is 0 Å². The number of nitrogens with zero attached hydrogens (tertiary/aromatic N) is 1. The fraction of sp³-hybridized carbons (Fsp3) is 0.250. The Bertz CT molecular complexity index is 962. The molecule has 1 aliphatic heterocycles. The molecular weight excluding hydrogens is 419 g/mol. The lowest BCUT2D eigenvalue weighted by Crippen LogP contribution is -2.28. The van der Waals surface area contributed by atoms with Gasteiger partial charge in [0, 0.05) is 12.1 Å². The van der Waals surface area contributed by atoms with Crippen molar-refractivity contribution in [2.45, 2.75) is 24.8 Å². The van der Waals surface area contributed by atoms with E-state index in [4.69, 9.17) is 4.74 Å². The second-order valence-electron chi connectivity index (χ2n) is 6.27. The van der Waals surface area contributed by atoms with Crippen LogP contribution in [0.4, 0.5) is 24.5 Å². The minimum absolute atomic E-state index is 0.0153. The normalized spacial score (nSPS) is 17.7. The Kier molecular flexibility index (Phi) is 6.66. The summed E-state index contributed by atoms with van der Waals surface area (Å²) in [6, 6.07) is 11.3. The van der Waals surface area contributed by atoms with E-state index in [1.807, 2.05) is 6.92 Å². The van der Waals surface area contributed by atoms with Gasteiger partial charge in [-0.2, -0.15) is 13.2 Å². The first-order chi connectivity index (χ1) is 14.2. The molecule has 2 aromatic carbocycles. The molecule has 1 aliphatic rings. The van der Waals surface area contributed by atoms with Crippen LogP contribution in [0.5, 0.6) is 5.75 Å². The van der Waals surface area contributed by atoms with Crippen LogP contribution in [0.3, 0.4) is 0 Å². The molecule has 0 spiro atoms. The molecule has 0 saturated carbocycles. The zero-order chi connectivity index (χ0) is 21.7. The lowest BCUT2D eigenvalue weighted by molar-refractivity contribution is -0.137. The minimum atomic E-state index is -4.51. The zero-order valence-electron chi connectivity index (χ0n) is 15.8. The van der Waals surface area contributed by atoms with E-state index in [2.05, 4.69) is 15.6 Å². The summed E-state index contributed by atoms with van der Waals surface area (Å²) in [6.45, 7) is 2.42. The largest absolute Gasteiger partial charge is 0.494 e. The van der Waals surface area contributed by atoms with Crippen molar-refractivity contribution in [1.82, 2.24) is 5.32 Å². The van der Waals surface area contributed by atoms with Crippen molar-refractivity contribution in [3.63, 3.8) is 0 Å². The molecule has 158 valence electrons. The summed E-state index contributed by atoms with van der Waals surface area (Å²) in [4.78, 5) is 28.7. The summed E-state index contributed by atoms with van der Waals surface area (Å²) >= 11 is 1.09. The smallest absolute Gasteiger partial charge is 0.416 e. The van der Waals surface area contributed by atoms with Crippen LogP contribution >= 0.6 is 11.8 Å². The first-order valence-corrected chi connectivity index (χ1v) is 9.89. The van der Waals surface area contributed by atoms with Gasteiger partial charge in [0.25, 0.3) is 0 Å². The van der Waals surface area contributed by atoms with Crippen LogP contribution in [0, 0.1) is 0 Å². The number of alkyl halides is 3. The number of carbonyl (C=O) groups is 2. The lowest BCUT2D eigenvalue weighted by atomic mass is 10.2. The van der Waals surface area contributed by atoms with Crippen LogP contribution in [-0.4, -0.2) is 28.8 Å². The summed E-state index contributed by atoms with van der Waals surface area (Å²) in [5.41, 5.74) is -0.241. The number of thioether (sulfide) groups is 1. The number of anilines is 1. The molecule has 10 heteroatoms. The predicted molar refractivity (Wildman–Crippen MR) is 109 cm³/mol. The Hall–Kier alpha value is -3.01. The van der Waals surface area contributed by atoms with Gasteiger partial charge in [-0.15, -0.1) is 0 Å². The van der Waals surface area contributed by atoms with Crippen LogP contribution in [-0.2, 0) is 15.8 Å². The van der Waals surface area contributed by atoms with Gasteiger partial charge in [0.1, 0.15) is 11.0 Å². The number of rotatable bonds is 6. The average molecular weight is 437 g/mol. The number of aliphatic imine (C=N–C) groups is 1. The molecule has 1 fully saturated rings. The topological polar surface area (TPSA) is 79.8 Å². The predicted octanol–water partition coefficient (Wildman–Crippen LogP) is 4.35. The molecule has 6 nitrogen and oxygen atoms in total. The molecule has 1 saturated heterocycles. The van der Waals surface area contributed by atoms with E-state index in [1.54, 1.807) is 24.3 Å². The first-order valence-electron chi connectivity index (χ1n) is 9.01. The molecule has 1 heterocycles. The van der Waals surface area contributed by atoms with E-state index < -0.39 is 22.9 Å². The highest BCUT2D eigenvalue weighted by Crippen LogP contribution is 2.31. The maximum Gasteiger partial charge on any atom is 0.416 e. The van der Waals surface area contributed by atoms with Crippen LogP contribution in [0.2, 0.25) is 0 Å². The van der Waals surface area contributed by atoms with Gasteiger partial charge in [-0.25, -0.2) is 4.99 Å². The highest BCUT2D eigenvalue weighted by atomic mass is 32.2. The lowest BCUT2D eigenvalue weighted by Gasteiger charge is -2.10. The number of hydrogen-bond acceptors (Lipinski definition) is 5. The second kappa shape index (κ2) is 9.21. The standard InChI is InChI=1S/C20H18F3N3O3S/c1-2-29-15-8-6-13(7-9-15)25-19-26-18(28)16(30-19)11-17(27)24-14-5-3-4-12(10-14)20(21,22)23/h3-10,16H,2,11H2,1H3,(H,24,27)(H,25,26,28)/t16-/m1/s1. The van der Waals surface area contributed by atoms with Gasteiger partial charge < -0.3 is 15.4 Å².